The van der Waals surface area contributed by atoms with Gasteiger partial charge in [-0.25, -0.2) is 0 Å². The van der Waals surface area contributed by atoms with Crippen LogP contribution in [0.1, 0.15) is 18.5 Å². The lowest BCUT2D eigenvalue weighted by Gasteiger charge is -2.18. The Hall–Kier alpha value is -2.56. The van der Waals surface area contributed by atoms with E-state index in [1.807, 2.05) is 14.1 Å². The van der Waals surface area contributed by atoms with Gasteiger partial charge < -0.3 is 10.2 Å². The highest BCUT2D eigenvalue weighted by molar-refractivity contribution is 5.51. The molecule has 0 aliphatic rings. The molecule has 5 nitrogen and oxygen atoms in total. The van der Waals surface area contributed by atoms with Crippen LogP contribution >= 0.6 is 0 Å². The lowest BCUT2D eigenvalue weighted by molar-refractivity contribution is -0.384. The van der Waals surface area contributed by atoms with Gasteiger partial charge in [-0.2, -0.15) is 0 Å². The zero-order valence-corrected chi connectivity index (χ0v) is 12.4. The van der Waals surface area contributed by atoms with Gasteiger partial charge in [-0.1, -0.05) is 12.1 Å². The van der Waals surface area contributed by atoms with E-state index >= 15 is 0 Å². The standard InChI is InChI=1S/C16H19N3O2/c1-12(13-4-8-15(9-5-13)18(2)3)17-14-6-10-16(11-7-14)19(20)21/h4-12,17H,1-3H3. The monoisotopic (exact) mass is 285 g/mol. The molecule has 0 saturated heterocycles. The number of nitro groups is 1. The zero-order valence-electron chi connectivity index (χ0n) is 12.4. The molecule has 0 spiro atoms. The molecule has 21 heavy (non-hydrogen) atoms. The van der Waals surface area contributed by atoms with Gasteiger partial charge in [0.1, 0.15) is 0 Å². The number of rotatable bonds is 5. The molecule has 110 valence electrons. The van der Waals surface area contributed by atoms with Crippen LogP contribution in [0.4, 0.5) is 17.1 Å². The summed E-state index contributed by atoms with van der Waals surface area (Å²) in [5.74, 6) is 0. The molecule has 2 aromatic rings. The van der Waals surface area contributed by atoms with Crippen LogP contribution in [0, 0.1) is 10.1 Å². The quantitative estimate of drug-likeness (QED) is 0.670. The Bertz CT molecular complexity index is 606. The number of hydrogen-bond acceptors (Lipinski definition) is 4. The van der Waals surface area contributed by atoms with Gasteiger partial charge in [-0.15, -0.1) is 0 Å². The first-order valence-electron chi connectivity index (χ1n) is 6.75. The van der Waals surface area contributed by atoms with Crippen LogP contribution in [0.25, 0.3) is 0 Å². The molecule has 1 N–H and O–H groups in total. The number of non-ortho nitro benzene ring substituents is 1. The first-order chi connectivity index (χ1) is 9.97. The van der Waals surface area contributed by atoms with Crippen LogP contribution in [0.5, 0.6) is 0 Å². The van der Waals surface area contributed by atoms with Gasteiger partial charge in [0.2, 0.25) is 0 Å². The van der Waals surface area contributed by atoms with Crippen molar-refractivity contribution in [3.05, 3.63) is 64.2 Å². The third kappa shape index (κ3) is 3.72. The summed E-state index contributed by atoms with van der Waals surface area (Å²) in [6, 6.07) is 14.9. The van der Waals surface area contributed by atoms with Gasteiger partial charge in [0.25, 0.3) is 5.69 Å². The molecule has 1 atom stereocenters. The molecule has 0 saturated carbocycles. The van der Waals surface area contributed by atoms with E-state index < -0.39 is 4.92 Å². The Balaban J connectivity index is 2.06. The van der Waals surface area contributed by atoms with Gasteiger partial charge in [0.15, 0.2) is 0 Å². The highest BCUT2D eigenvalue weighted by Gasteiger charge is 2.08. The number of benzene rings is 2. The summed E-state index contributed by atoms with van der Waals surface area (Å²) in [4.78, 5) is 12.3. The van der Waals surface area contributed by atoms with Crippen molar-refractivity contribution in [1.82, 2.24) is 0 Å². The Morgan fingerprint density at radius 2 is 1.62 bits per heavy atom. The highest BCUT2D eigenvalue weighted by atomic mass is 16.6. The molecule has 5 heteroatoms. The van der Waals surface area contributed by atoms with E-state index in [1.165, 1.54) is 17.7 Å². The topological polar surface area (TPSA) is 58.4 Å². The van der Waals surface area contributed by atoms with Crippen LogP contribution < -0.4 is 10.2 Å². The van der Waals surface area contributed by atoms with E-state index in [2.05, 4.69) is 41.4 Å². The molecule has 0 aliphatic carbocycles. The number of hydrogen-bond donors (Lipinski definition) is 1. The second-order valence-corrected chi connectivity index (χ2v) is 5.16. The predicted molar refractivity (Wildman–Crippen MR) is 85.9 cm³/mol. The molecule has 2 rings (SSSR count). The molecule has 2 aromatic carbocycles. The van der Waals surface area contributed by atoms with Gasteiger partial charge in [-0.3, -0.25) is 10.1 Å². The van der Waals surface area contributed by atoms with E-state index in [4.69, 9.17) is 0 Å². The fourth-order valence-electron chi connectivity index (χ4n) is 2.07. The van der Waals surface area contributed by atoms with Gasteiger partial charge in [-0.05, 0) is 36.8 Å². The highest BCUT2D eigenvalue weighted by Crippen LogP contribution is 2.23. The maximum Gasteiger partial charge on any atom is 0.269 e. The average Bonchev–Trinajstić information content (AvgIpc) is 2.47. The minimum atomic E-state index is -0.396. The van der Waals surface area contributed by atoms with Gasteiger partial charge >= 0.3 is 0 Å². The van der Waals surface area contributed by atoms with E-state index in [1.54, 1.807) is 12.1 Å². The van der Waals surface area contributed by atoms with Gasteiger partial charge in [0, 0.05) is 43.6 Å². The molecular formula is C16H19N3O2. The largest absolute Gasteiger partial charge is 0.379 e. The fourth-order valence-corrected chi connectivity index (χ4v) is 2.07. The summed E-state index contributed by atoms with van der Waals surface area (Å²) in [7, 11) is 4.01. The fraction of sp³-hybridized carbons (Fsp3) is 0.250. The number of nitro benzene ring substituents is 1. The Labute approximate surface area is 124 Å². The normalized spacial score (nSPS) is 11.8. The molecule has 0 aromatic heterocycles. The zero-order chi connectivity index (χ0) is 15.4. The first kappa shape index (κ1) is 14.8. The maximum atomic E-state index is 10.6. The predicted octanol–water partition coefficient (Wildman–Crippen LogP) is 3.83. The molecule has 0 fully saturated rings. The van der Waals surface area contributed by atoms with Gasteiger partial charge in [0.05, 0.1) is 4.92 Å². The second kappa shape index (κ2) is 6.26. The van der Waals surface area contributed by atoms with E-state index in [0.717, 1.165) is 11.4 Å². The van der Waals surface area contributed by atoms with Crippen molar-refractivity contribution in [2.75, 3.05) is 24.3 Å². The molecule has 0 heterocycles. The van der Waals surface area contributed by atoms with Crippen molar-refractivity contribution in [1.29, 1.82) is 0 Å². The molecule has 0 amide bonds. The minimum Gasteiger partial charge on any atom is -0.379 e. The second-order valence-electron chi connectivity index (χ2n) is 5.16. The summed E-state index contributed by atoms with van der Waals surface area (Å²) >= 11 is 0. The Morgan fingerprint density at radius 1 is 1.05 bits per heavy atom. The van der Waals surface area contributed by atoms with Crippen molar-refractivity contribution in [3.8, 4) is 0 Å². The van der Waals surface area contributed by atoms with E-state index in [0.29, 0.717) is 0 Å². The van der Waals surface area contributed by atoms with Crippen molar-refractivity contribution in [2.24, 2.45) is 0 Å². The lowest BCUT2D eigenvalue weighted by Crippen LogP contribution is -2.10. The average molecular weight is 285 g/mol. The minimum absolute atomic E-state index is 0.100. The van der Waals surface area contributed by atoms with E-state index in [-0.39, 0.29) is 11.7 Å². The molecule has 0 bridgehead atoms. The van der Waals surface area contributed by atoms with Crippen molar-refractivity contribution in [3.63, 3.8) is 0 Å². The first-order valence-corrected chi connectivity index (χ1v) is 6.75. The lowest BCUT2D eigenvalue weighted by atomic mass is 10.1. The van der Waals surface area contributed by atoms with Crippen molar-refractivity contribution < 1.29 is 4.92 Å². The van der Waals surface area contributed by atoms with Crippen LogP contribution in [0.3, 0.4) is 0 Å². The Morgan fingerprint density at radius 3 is 2.10 bits per heavy atom. The molecule has 1 unspecified atom stereocenters. The van der Waals surface area contributed by atoms with Crippen LogP contribution in [-0.4, -0.2) is 19.0 Å². The van der Waals surface area contributed by atoms with E-state index in [9.17, 15) is 10.1 Å². The number of anilines is 2. The van der Waals surface area contributed by atoms with Crippen LogP contribution in [-0.2, 0) is 0 Å². The Kier molecular flexibility index (Phi) is 4.42. The number of nitrogens with zero attached hydrogens (tertiary/aromatic N) is 2. The summed E-state index contributed by atoms with van der Waals surface area (Å²) in [6.45, 7) is 2.06. The summed E-state index contributed by atoms with van der Waals surface area (Å²) in [5, 5.41) is 14.0. The third-order valence-electron chi connectivity index (χ3n) is 3.37. The summed E-state index contributed by atoms with van der Waals surface area (Å²) in [6.07, 6.45) is 0. The summed E-state index contributed by atoms with van der Waals surface area (Å²) < 4.78 is 0. The molecule has 0 radical (unpaired) electrons. The maximum absolute atomic E-state index is 10.6. The SMILES string of the molecule is CC(Nc1ccc([N+](=O)[O-])cc1)c1ccc(N(C)C)cc1. The molecular weight excluding hydrogens is 266 g/mol. The number of nitrogens with one attached hydrogen (secondary N) is 1. The molecule has 0 aliphatic heterocycles. The van der Waals surface area contributed by atoms with Crippen LogP contribution in [0.15, 0.2) is 48.5 Å². The van der Waals surface area contributed by atoms with Crippen molar-refractivity contribution in [2.45, 2.75) is 13.0 Å². The smallest absolute Gasteiger partial charge is 0.269 e. The van der Waals surface area contributed by atoms with Crippen molar-refractivity contribution >= 4 is 17.1 Å². The summed E-state index contributed by atoms with van der Waals surface area (Å²) in [5.41, 5.74) is 3.29. The third-order valence-corrected chi connectivity index (χ3v) is 3.37. The van der Waals surface area contributed by atoms with Crippen LogP contribution in [0.2, 0.25) is 0 Å².